The van der Waals surface area contributed by atoms with Crippen LogP contribution in [0.1, 0.15) is 18.8 Å². The first-order valence-corrected chi connectivity index (χ1v) is 5.98. The van der Waals surface area contributed by atoms with E-state index in [1.165, 1.54) is 0 Å². The van der Waals surface area contributed by atoms with Gasteiger partial charge in [0.2, 0.25) is 0 Å². The number of aliphatic hydroxyl groups excluding tert-OH is 1. The SMILES string of the molecule is CCOc1ccc(NCC(O)c2ccco2)cc1. The maximum absolute atomic E-state index is 9.83. The highest BCUT2D eigenvalue weighted by molar-refractivity contribution is 5.46. The van der Waals surface area contributed by atoms with Gasteiger partial charge in [0.1, 0.15) is 17.6 Å². The van der Waals surface area contributed by atoms with Crippen LogP contribution in [0.3, 0.4) is 0 Å². The number of benzene rings is 1. The third kappa shape index (κ3) is 3.28. The van der Waals surface area contributed by atoms with E-state index in [4.69, 9.17) is 9.15 Å². The molecule has 2 N–H and O–H groups in total. The zero-order chi connectivity index (χ0) is 12.8. The summed E-state index contributed by atoms with van der Waals surface area (Å²) in [6.45, 7) is 3.01. The van der Waals surface area contributed by atoms with E-state index in [-0.39, 0.29) is 0 Å². The maximum Gasteiger partial charge on any atom is 0.134 e. The number of nitrogens with one attached hydrogen (secondary N) is 1. The number of hydrogen-bond donors (Lipinski definition) is 2. The van der Waals surface area contributed by atoms with Crippen LogP contribution in [0.4, 0.5) is 5.69 Å². The fraction of sp³-hybridized carbons (Fsp3) is 0.286. The standard InChI is InChI=1S/C14H17NO3/c1-2-17-12-7-5-11(6-8-12)15-10-13(16)14-4-3-9-18-14/h3-9,13,15-16H,2,10H2,1H3. The van der Waals surface area contributed by atoms with Gasteiger partial charge in [-0.2, -0.15) is 0 Å². The minimum atomic E-state index is -0.647. The van der Waals surface area contributed by atoms with Crippen LogP contribution in [0.5, 0.6) is 5.75 Å². The predicted octanol–water partition coefficient (Wildman–Crippen LogP) is 2.82. The Bertz CT molecular complexity index is 450. The molecule has 0 aliphatic rings. The fourth-order valence-corrected chi connectivity index (χ4v) is 1.63. The van der Waals surface area contributed by atoms with Crippen molar-refractivity contribution in [2.45, 2.75) is 13.0 Å². The lowest BCUT2D eigenvalue weighted by Crippen LogP contribution is -2.11. The van der Waals surface area contributed by atoms with Gasteiger partial charge in [0.25, 0.3) is 0 Å². The molecule has 2 aromatic rings. The van der Waals surface area contributed by atoms with E-state index in [1.807, 2.05) is 31.2 Å². The molecule has 0 amide bonds. The monoisotopic (exact) mass is 247 g/mol. The molecule has 1 atom stereocenters. The Hall–Kier alpha value is -1.94. The van der Waals surface area contributed by atoms with Gasteiger partial charge in [-0.05, 0) is 43.3 Å². The van der Waals surface area contributed by atoms with Crippen molar-refractivity contribution < 1.29 is 14.3 Å². The van der Waals surface area contributed by atoms with E-state index in [0.29, 0.717) is 18.9 Å². The summed E-state index contributed by atoms with van der Waals surface area (Å²) >= 11 is 0. The normalized spacial score (nSPS) is 12.1. The van der Waals surface area contributed by atoms with Crippen LogP contribution in [-0.4, -0.2) is 18.3 Å². The number of aliphatic hydroxyl groups is 1. The van der Waals surface area contributed by atoms with Crippen molar-refractivity contribution in [3.63, 3.8) is 0 Å². The second kappa shape index (κ2) is 6.12. The molecule has 1 aromatic heterocycles. The number of furan rings is 1. The summed E-state index contributed by atoms with van der Waals surface area (Å²) in [4.78, 5) is 0. The van der Waals surface area contributed by atoms with Crippen molar-refractivity contribution in [3.05, 3.63) is 48.4 Å². The quantitative estimate of drug-likeness (QED) is 0.824. The summed E-state index contributed by atoms with van der Waals surface area (Å²) in [6, 6.07) is 11.1. The van der Waals surface area contributed by atoms with Gasteiger partial charge in [-0.25, -0.2) is 0 Å². The molecule has 0 bridgehead atoms. The molecule has 1 aromatic carbocycles. The van der Waals surface area contributed by atoms with Crippen LogP contribution < -0.4 is 10.1 Å². The summed E-state index contributed by atoms with van der Waals surface area (Å²) in [5.74, 6) is 1.41. The summed E-state index contributed by atoms with van der Waals surface area (Å²) in [6.07, 6.45) is 0.904. The molecule has 0 saturated heterocycles. The zero-order valence-electron chi connectivity index (χ0n) is 10.3. The third-order valence-corrected chi connectivity index (χ3v) is 2.54. The van der Waals surface area contributed by atoms with E-state index in [0.717, 1.165) is 11.4 Å². The van der Waals surface area contributed by atoms with Gasteiger partial charge in [0.05, 0.1) is 12.9 Å². The molecular weight excluding hydrogens is 230 g/mol. The zero-order valence-corrected chi connectivity index (χ0v) is 10.3. The van der Waals surface area contributed by atoms with E-state index in [9.17, 15) is 5.11 Å². The Kier molecular flexibility index (Phi) is 4.25. The van der Waals surface area contributed by atoms with Gasteiger partial charge in [-0.1, -0.05) is 0 Å². The van der Waals surface area contributed by atoms with Crippen molar-refractivity contribution in [1.29, 1.82) is 0 Å². The van der Waals surface area contributed by atoms with Crippen LogP contribution in [0.25, 0.3) is 0 Å². The molecule has 0 spiro atoms. The van der Waals surface area contributed by atoms with Gasteiger partial charge in [0.15, 0.2) is 0 Å². The molecule has 0 aliphatic carbocycles. The lowest BCUT2D eigenvalue weighted by Gasteiger charge is -2.11. The molecule has 2 rings (SSSR count). The fourth-order valence-electron chi connectivity index (χ4n) is 1.63. The first-order valence-electron chi connectivity index (χ1n) is 5.98. The van der Waals surface area contributed by atoms with Crippen LogP contribution in [0.15, 0.2) is 47.1 Å². The molecule has 18 heavy (non-hydrogen) atoms. The Morgan fingerprint density at radius 2 is 2.06 bits per heavy atom. The Labute approximate surface area is 106 Å². The van der Waals surface area contributed by atoms with Crippen molar-refractivity contribution in [2.75, 3.05) is 18.5 Å². The second-order valence-corrected chi connectivity index (χ2v) is 3.87. The van der Waals surface area contributed by atoms with Gasteiger partial charge in [-0.15, -0.1) is 0 Å². The smallest absolute Gasteiger partial charge is 0.134 e. The van der Waals surface area contributed by atoms with Crippen molar-refractivity contribution in [1.82, 2.24) is 0 Å². The third-order valence-electron chi connectivity index (χ3n) is 2.54. The average molecular weight is 247 g/mol. The topological polar surface area (TPSA) is 54.6 Å². The minimum absolute atomic E-state index is 0.404. The van der Waals surface area contributed by atoms with Gasteiger partial charge in [0, 0.05) is 12.2 Å². The molecule has 0 radical (unpaired) electrons. The largest absolute Gasteiger partial charge is 0.494 e. The number of hydrogen-bond acceptors (Lipinski definition) is 4. The minimum Gasteiger partial charge on any atom is -0.494 e. The Morgan fingerprint density at radius 3 is 2.67 bits per heavy atom. The predicted molar refractivity (Wildman–Crippen MR) is 69.8 cm³/mol. The van der Waals surface area contributed by atoms with E-state index < -0.39 is 6.10 Å². The first-order chi connectivity index (χ1) is 8.79. The molecule has 4 heteroatoms. The lowest BCUT2D eigenvalue weighted by atomic mass is 10.2. The summed E-state index contributed by atoms with van der Waals surface area (Å²) in [5, 5.41) is 13.0. The molecule has 0 aliphatic heterocycles. The van der Waals surface area contributed by atoms with E-state index in [1.54, 1.807) is 18.4 Å². The van der Waals surface area contributed by atoms with E-state index in [2.05, 4.69) is 5.32 Å². The van der Waals surface area contributed by atoms with E-state index >= 15 is 0 Å². The highest BCUT2D eigenvalue weighted by Gasteiger charge is 2.09. The highest BCUT2D eigenvalue weighted by Crippen LogP contribution is 2.18. The summed E-state index contributed by atoms with van der Waals surface area (Å²) in [7, 11) is 0. The van der Waals surface area contributed by atoms with Crippen LogP contribution in [0, 0.1) is 0 Å². The Morgan fingerprint density at radius 1 is 1.28 bits per heavy atom. The number of rotatable bonds is 6. The number of anilines is 1. The highest BCUT2D eigenvalue weighted by atomic mass is 16.5. The summed E-state index contributed by atoms with van der Waals surface area (Å²) in [5.41, 5.74) is 0.934. The van der Waals surface area contributed by atoms with Gasteiger partial charge < -0.3 is 19.6 Å². The van der Waals surface area contributed by atoms with Crippen molar-refractivity contribution in [2.24, 2.45) is 0 Å². The van der Waals surface area contributed by atoms with Crippen LogP contribution in [0.2, 0.25) is 0 Å². The first kappa shape index (κ1) is 12.5. The van der Waals surface area contributed by atoms with Crippen molar-refractivity contribution in [3.8, 4) is 5.75 Å². The van der Waals surface area contributed by atoms with Gasteiger partial charge in [-0.3, -0.25) is 0 Å². The average Bonchev–Trinajstić information content (AvgIpc) is 2.92. The molecular formula is C14H17NO3. The molecule has 96 valence electrons. The van der Waals surface area contributed by atoms with Crippen molar-refractivity contribution >= 4 is 5.69 Å². The van der Waals surface area contributed by atoms with Crippen LogP contribution in [-0.2, 0) is 0 Å². The molecule has 1 unspecified atom stereocenters. The molecule has 0 saturated carbocycles. The number of ether oxygens (including phenoxy) is 1. The Balaban J connectivity index is 1.86. The van der Waals surface area contributed by atoms with Gasteiger partial charge >= 0.3 is 0 Å². The lowest BCUT2D eigenvalue weighted by molar-refractivity contribution is 0.162. The molecule has 0 fully saturated rings. The molecule has 1 heterocycles. The second-order valence-electron chi connectivity index (χ2n) is 3.87. The summed E-state index contributed by atoms with van der Waals surface area (Å²) < 4.78 is 10.5. The maximum atomic E-state index is 9.83. The van der Waals surface area contributed by atoms with Crippen LogP contribution >= 0.6 is 0 Å². The molecule has 4 nitrogen and oxygen atoms in total.